The van der Waals surface area contributed by atoms with Crippen LogP contribution >= 0.6 is 0 Å². The largest absolute Gasteiger partial charge is 0.397 e. The summed E-state index contributed by atoms with van der Waals surface area (Å²) < 4.78 is 26.5. The molecule has 3 nitrogen and oxygen atoms in total. The Kier molecular flexibility index (Phi) is 1.65. The van der Waals surface area contributed by atoms with Crippen LogP contribution in [0.25, 0.3) is 21.9 Å². The maximum absolute atomic E-state index is 13.5. The molecule has 0 amide bonds. The van der Waals surface area contributed by atoms with Gasteiger partial charge in [0.1, 0.15) is 11.6 Å². The summed E-state index contributed by atoms with van der Waals surface area (Å²) >= 11 is 0. The van der Waals surface area contributed by atoms with Gasteiger partial charge in [-0.1, -0.05) is 0 Å². The van der Waals surface area contributed by atoms with Crippen LogP contribution in [0.2, 0.25) is 0 Å². The molecule has 0 saturated heterocycles. The zero-order valence-electron chi connectivity index (χ0n) is 8.09. The van der Waals surface area contributed by atoms with Crippen LogP contribution in [0.15, 0.2) is 24.4 Å². The van der Waals surface area contributed by atoms with Gasteiger partial charge in [0.15, 0.2) is 0 Å². The maximum Gasteiger partial charge on any atom is 0.150 e. The standard InChI is InChI=1S/C11H7F2N3/c12-5-1-7-10(8(13)2-5)16-9-3-6(14)4-15-11(7)9/h1-4,16H,14H2. The number of nitrogens with zero attached hydrogens (tertiary/aromatic N) is 1. The molecule has 2 aromatic heterocycles. The Bertz CT molecular complexity index is 703. The van der Waals surface area contributed by atoms with Crippen LogP contribution in [0, 0.1) is 11.6 Å². The summed E-state index contributed by atoms with van der Waals surface area (Å²) in [5.74, 6) is -1.25. The van der Waals surface area contributed by atoms with Gasteiger partial charge in [-0.15, -0.1) is 0 Å². The second-order valence-corrected chi connectivity index (χ2v) is 3.60. The number of fused-ring (bicyclic) bond motifs is 3. The summed E-state index contributed by atoms with van der Waals surface area (Å²) in [6.45, 7) is 0. The van der Waals surface area contributed by atoms with Gasteiger partial charge in [-0.2, -0.15) is 0 Å². The second kappa shape index (κ2) is 2.91. The Hall–Kier alpha value is -2.17. The van der Waals surface area contributed by atoms with Gasteiger partial charge < -0.3 is 10.7 Å². The molecule has 2 heterocycles. The van der Waals surface area contributed by atoms with E-state index < -0.39 is 11.6 Å². The predicted molar refractivity (Wildman–Crippen MR) is 57.9 cm³/mol. The number of anilines is 1. The van der Waals surface area contributed by atoms with Crippen molar-refractivity contribution in [1.82, 2.24) is 9.97 Å². The molecule has 0 atom stereocenters. The van der Waals surface area contributed by atoms with E-state index in [1.54, 1.807) is 6.07 Å². The molecule has 0 aliphatic heterocycles. The van der Waals surface area contributed by atoms with Crippen molar-refractivity contribution in [3.8, 4) is 0 Å². The van der Waals surface area contributed by atoms with Gasteiger partial charge in [-0.05, 0) is 12.1 Å². The van der Waals surface area contributed by atoms with Crippen LogP contribution in [0.1, 0.15) is 0 Å². The van der Waals surface area contributed by atoms with Gasteiger partial charge in [0.2, 0.25) is 0 Å². The molecule has 16 heavy (non-hydrogen) atoms. The zero-order chi connectivity index (χ0) is 11.3. The third kappa shape index (κ3) is 1.14. The van der Waals surface area contributed by atoms with Crippen LogP contribution in [0.3, 0.4) is 0 Å². The number of nitrogens with one attached hydrogen (secondary N) is 1. The molecule has 3 aromatic rings. The van der Waals surface area contributed by atoms with Gasteiger partial charge in [-0.25, -0.2) is 8.78 Å². The van der Waals surface area contributed by atoms with Crippen molar-refractivity contribution in [3.63, 3.8) is 0 Å². The lowest BCUT2D eigenvalue weighted by Gasteiger charge is -1.93. The number of hydrogen-bond donors (Lipinski definition) is 2. The number of rotatable bonds is 0. The fourth-order valence-electron chi connectivity index (χ4n) is 1.81. The van der Waals surface area contributed by atoms with Gasteiger partial charge in [-0.3, -0.25) is 4.98 Å². The third-order valence-electron chi connectivity index (χ3n) is 2.48. The van der Waals surface area contributed by atoms with Crippen LogP contribution < -0.4 is 5.73 Å². The molecule has 3 N–H and O–H groups in total. The van der Waals surface area contributed by atoms with E-state index in [0.717, 1.165) is 6.07 Å². The van der Waals surface area contributed by atoms with E-state index in [9.17, 15) is 8.78 Å². The first kappa shape index (κ1) is 9.08. The molecule has 0 radical (unpaired) electrons. The molecule has 0 fully saturated rings. The quantitative estimate of drug-likeness (QED) is 0.610. The number of nitrogens with two attached hydrogens (primary N) is 1. The lowest BCUT2D eigenvalue weighted by atomic mass is 10.2. The number of H-pyrrole nitrogens is 1. The zero-order valence-corrected chi connectivity index (χ0v) is 8.09. The molecule has 0 bridgehead atoms. The Morgan fingerprint density at radius 2 is 2.00 bits per heavy atom. The fourth-order valence-corrected chi connectivity index (χ4v) is 1.81. The summed E-state index contributed by atoms with van der Waals surface area (Å²) in [5, 5.41) is 0.424. The van der Waals surface area contributed by atoms with Gasteiger partial charge in [0.05, 0.1) is 28.4 Å². The number of benzene rings is 1. The van der Waals surface area contributed by atoms with Crippen LogP contribution in [0.4, 0.5) is 14.5 Å². The molecule has 80 valence electrons. The molecule has 5 heteroatoms. The molecule has 3 rings (SSSR count). The lowest BCUT2D eigenvalue weighted by molar-refractivity contribution is 0.591. The first-order chi connectivity index (χ1) is 7.65. The van der Waals surface area contributed by atoms with Crippen molar-refractivity contribution in [2.45, 2.75) is 0 Å². The second-order valence-electron chi connectivity index (χ2n) is 3.60. The smallest absolute Gasteiger partial charge is 0.150 e. The average molecular weight is 219 g/mol. The van der Waals surface area contributed by atoms with E-state index in [1.807, 2.05) is 0 Å². The fraction of sp³-hybridized carbons (Fsp3) is 0. The van der Waals surface area contributed by atoms with E-state index in [0.29, 0.717) is 22.1 Å². The summed E-state index contributed by atoms with van der Waals surface area (Å²) in [7, 11) is 0. The minimum absolute atomic E-state index is 0.245. The Labute approximate surface area is 88.9 Å². The number of aromatic nitrogens is 2. The Morgan fingerprint density at radius 3 is 2.81 bits per heavy atom. The summed E-state index contributed by atoms with van der Waals surface area (Å²) in [4.78, 5) is 6.89. The van der Waals surface area contributed by atoms with E-state index >= 15 is 0 Å². The van der Waals surface area contributed by atoms with E-state index in [1.165, 1.54) is 12.3 Å². The average Bonchev–Trinajstić information content (AvgIpc) is 2.56. The third-order valence-corrected chi connectivity index (χ3v) is 2.48. The SMILES string of the molecule is Nc1cnc2c(c1)[nH]c1c(F)cc(F)cc12. The maximum atomic E-state index is 13.5. The Morgan fingerprint density at radius 1 is 1.19 bits per heavy atom. The topological polar surface area (TPSA) is 54.7 Å². The number of aromatic amines is 1. The highest BCUT2D eigenvalue weighted by molar-refractivity contribution is 6.05. The number of pyridine rings is 1. The van der Waals surface area contributed by atoms with Crippen molar-refractivity contribution < 1.29 is 8.78 Å². The van der Waals surface area contributed by atoms with E-state index in [2.05, 4.69) is 9.97 Å². The van der Waals surface area contributed by atoms with Crippen molar-refractivity contribution in [2.75, 3.05) is 5.73 Å². The highest BCUT2D eigenvalue weighted by Crippen LogP contribution is 2.27. The van der Waals surface area contributed by atoms with Crippen molar-refractivity contribution in [2.24, 2.45) is 0 Å². The highest BCUT2D eigenvalue weighted by Gasteiger charge is 2.11. The monoisotopic (exact) mass is 219 g/mol. The minimum atomic E-state index is -0.633. The van der Waals surface area contributed by atoms with Gasteiger partial charge in [0, 0.05) is 11.5 Å². The number of halogens is 2. The molecular formula is C11H7F2N3. The van der Waals surface area contributed by atoms with Gasteiger partial charge >= 0.3 is 0 Å². The molecule has 0 aliphatic rings. The van der Waals surface area contributed by atoms with Crippen molar-refractivity contribution >= 4 is 27.6 Å². The molecule has 0 aliphatic carbocycles. The van der Waals surface area contributed by atoms with Crippen LogP contribution in [-0.2, 0) is 0 Å². The number of nitrogen functional groups attached to an aromatic ring is 1. The molecular weight excluding hydrogens is 212 g/mol. The molecule has 0 spiro atoms. The molecule has 0 unspecified atom stereocenters. The van der Waals surface area contributed by atoms with Crippen LogP contribution in [-0.4, -0.2) is 9.97 Å². The van der Waals surface area contributed by atoms with Crippen LogP contribution in [0.5, 0.6) is 0 Å². The van der Waals surface area contributed by atoms with E-state index in [4.69, 9.17) is 5.73 Å². The van der Waals surface area contributed by atoms with E-state index in [-0.39, 0.29) is 5.52 Å². The normalized spacial score (nSPS) is 11.4. The predicted octanol–water partition coefficient (Wildman–Crippen LogP) is 2.58. The van der Waals surface area contributed by atoms with Gasteiger partial charge in [0.25, 0.3) is 0 Å². The summed E-state index contributed by atoms with van der Waals surface area (Å²) in [5.41, 5.74) is 7.39. The first-order valence-electron chi connectivity index (χ1n) is 4.67. The molecule has 1 aromatic carbocycles. The molecule has 0 saturated carbocycles. The lowest BCUT2D eigenvalue weighted by Crippen LogP contribution is -1.85. The minimum Gasteiger partial charge on any atom is -0.397 e. The highest BCUT2D eigenvalue weighted by atomic mass is 19.1. The van der Waals surface area contributed by atoms with Crippen molar-refractivity contribution in [3.05, 3.63) is 36.0 Å². The van der Waals surface area contributed by atoms with Crippen molar-refractivity contribution in [1.29, 1.82) is 0 Å². The Balaban J connectivity index is 2.55. The summed E-state index contributed by atoms with van der Waals surface area (Å²) in [6.07, 6.45) is 1.46. The first-order valence-corrected chi connectivity index (χ1v) is 4.67. The summed E-state index contributed by atoms with van der Waals surface area (Å²) in [6, 6.07) is 3.72. The number of hydrogen-bond acceptors (Lipinski definition) is 2.